The van der Waals surface area contributed by atoms with Gasteiger partial charge in [0.2, 0.25) is 0 Å². The highest BCUT2D eigenvalue weighted by Gasteiger charge is 2.19. The number of nitrogens with zero attached hydrogens (tertiary/aromatic N) is 1. The second-order valence-electron chi connectivity index (χ2n) is 4.16. The Morgan fingerprint density at radius 2 is 2.19 bits per heavy atom. The average Bonchev–Trinajstić information content (AvgIpc) is 2.84. The summed E-state index contributed by atoms with van der Waals surface area (Å²) in [5.74, 6) is 3.87. The standard InChI is InChI=1S/C13H19NS2/c1-14(12-7-9-15-11-12)8-10-16-13-5-3-2-4-6-13/h2-6,12H,7-11H2,1H3. The monoisotopic (exact) mass is 253 g/mol. The zero-order valence-electron chi connectivity index (χ0n) is 9.76. The number of benzene rings is 1. The summed E-state index contributed by atoms with van der Waals surface area (Å²) >= 11 is 4.05. The van der Waals surface area contributed by atoms with Gasteiger partial charge in [0, 0.05) is 29.0 Å². The van der Waals surface area contributed by atoms with Gasteiger partial charge in [0.05, 0.1) is 0 Å². The Bertz CT molecular complexity index is 296. The lowest BCUT2D eigenvalue weighted by atomic mass is 10.2. The smallest absolute Gasteiger partial charge is 0.0191 e. The second kappa shape index (κ2) is 6.58. The van der Waals surface area contributed by atoms with Crippen LogP contribution >= 0.6 is 23.5 Å². The van der Waals surface area contributed by atoms with E-state index in [1.807, 2.05) is 11.8 Å². The molecular formula is C13H19NS2. The molecule has 0 bridgehead atoms. The van der Waals surface area contributed by atoms with Gasteiger partial charge >= 0.3 is 0 Å². The number of hydrogen-bond donors (Lipinski definition) is 0. The van der Waals surface area contributed by atoms with E-state index >= 15 is 0 Å². The third-order valence-electron chi connectivity index (χ3n) is 2.98. The molecule has 16 heavy (non-hydrogen) atoms. The Morgan fingerprint density at radius 1 is 1.38 bits per heavy atom. The Kier molecular flexibility index (Phi) is 5.07. The van der Waals surface area contributed by atoms with Crippen LogP contribution in [0.1, 0.15) is 6.42 Å². The first-order valence-corrected chi connectivity index (χ1v) is 7.96. The van der Waals surface area contributed by atoms with Gasteiger partial charge in [-0.3, -0.25) is 0 Å². The summed E-state index contributed by atoms with van der Waals surface area (Å²) < 4.78 is 0. The molecule has 88 valence electrons. The summed E-state index contributed by atoms with van der Waals surface area (Å²) in [6.45, 7) is 1.20. The highest BCUT2D eigenvalue weighted by molar-refractivity contribution is 7.99. The van der Waals surface area contributed by atoms with Crippen molar-refractivity contribution in [2.75, 3.05) is 30.9 Å². The highest BCUT2D eigenvalue weighted by Crippen LogP contribution is 2.22. The maximum Gasteiger partial charge on any atom is 0.0191 e. The largest absolute Gasteiger partial charge is 0.302 e. The summed E-state index contributed by atoms with van der Waals surface area (Å²) in [5.41, 5.74) is 0. The maximum atomic E-state index is 2.52. The van der Waals surface area contributed by atoms with Gasteiger partial charge in [0.15, 0.2) is 0 Å². The summed E-state index contributed by atoms with van der Waals surface area (Å²) in [6, 6.07) is 11.5. The van der Waals surface area contributed by atoms with Crippen molar-refractivity contribution >= 4 is 23.5 Å². The minimum atomic E-state index is 0.821. The predicted octanol–water partition coefficient (Wildman–Crippen LogP) is 3.22. The van der Waals surface area contributed by atoms with Gasteiger partial charge in [0.1, 0.15) is 0 Å². The summed E-state index contributed by atoms with van der Waals surface area (Å²) in [7, 11) is 2.27. The predicted molar refractivity (Wildman–Crippen MR) is 75.5 cm³/mol. The summed E-state index contributed by atoms with van der Waals surface area (Å²) in [4.78, 5) is 3.91. The van der Waals surface area contributed by atoms with Crippen LogP contribution in [0.4, 0.5) is 0 Å². The first kappa shape index (κ1) is 12.3. The van der Waals surface area contributed by atoms with E-state index in [4.69, 9.17) is 0 Å². The molecule has 0 amide bonds. The SMILES string of the molecule is CN(CCSc1ccccc1)C1CCSC1. The van der Waals surface area contributed by atoms with Crippen molar-refractivity contribution in [2.24, 2.45) is 0 Å². The van der Waals surface area contributed by atoms with Crippen molar-refractivity contribution in [3.63, 3.8) is 0 Å². The van der Waals surface area contributed by atoms with E-state index in [1.165, 1.54) is 35.1 Å². The molecule has 1 aliphatic heterocycles. The van der Waals surface area contributed by atoms with Gasteiger partial charge in [-0.2, -0.15) is 11.8 Å². The van der Waals surface area contributed by atoms with Gasteiger partial charge in [-0.1, -0.05) is 18.2 Å². The molecule has 0 spiro atoms. The van der Waals surface area contributed by atoms with E-state index in [-0.39, 0.29) is 0 Å². The van der Waals surface area contributed by atoms with Crippen LogP contribution in [0.5, 0.6) is 0 Å². The lowest BCUT2D eigenvalue weighted by molar-refractivity contribution is 0.279. The van der Waals surface area contributed by atoms with Crippen molar-refractivity contribution in [3.05, 3.63) is 30.3 Å². The molecular weight excluding hydrogens is 234 g/mol. The quantitative estimate of drug-likeness (QED) is 0.742. The summed E-state index contributed by atoms with van der Waals surface area (Å²) in [6.07, 6.45) is 1.37. The van der Waals surface area contributed by atoms with Crippen LogP contribution in [0.3, 0.4) is 0 Å². The van der Waals surface area contributed by atoms with Crippen molar-refractivity contribution in [2.45, 2.75) is 17.4 Å². The topological polar surface area (TPSA) is 3.24 Å². The third-order valence-corrected chi connectivity index (χ3v) is 5.12. The van der Waals surface area contributed by atoms with Crippen molar-refractivity contribution in [3.8, 4) is 0 Å². The molecule has 1 atom stereocenters. The average molecular weight is 253 g/mol. The minimum absolute atomic E-state index is 0.821. The van der Waals surface area contributed by atoms with Crippen LogP contribution in [-0.4, -0.2) is 41.8 Å². The van der Waals surface area contributed by atoms with Gasteiger partial charge in [0.25, 0.3) is 0 Å². The molecule has 0 aromatic heterocycles. The molecule has 2 rings (SSSR count). The lowest BCUT2D eigenvalue weighted by Crippen LogP contribution is -2.33. The molecule has 1 aliphatic rings. The van der Waals surface area contributed by atoms with E-state index in [1.54, 1.807) is 0 Å². The van der Waals surface area contributed by atoms with Crippen LogP contribution in [0, 0.1) is 0 Å². The molecule has 3 heteroatoms. The van der Waals surface area contributed by atoms with Gasteiger partial charge < -0.3 is 4.90 Å². The molecule has 1 aromatic carbocycles. The van der Waals surface area contributed by atoms with E-state index < -0.39 is 0 Å². The molecule has 1 unspecified atom stereocenters. The Morgan fingerprint density at radius 3 is 2.88 bits per heavy atom. The maximum absolute atomic E-state index is 2.52. The van der Waals surface area contributed by atoms with Gasteiger partial charge in [-0.15, -0.1) is 11.8 Å². The van der Waals surface area contributed by atoms with Crippen LogP contribution in [-0.2, 0) is 0 Å². The first-order chi connectivity index (χ1) is 7.86. The Balaban J connectivity index is 1.67. The second-order valence-corrected chi connectivity index (χ2v) is 6.48. The molecule has 1 heterocycles. The minimum Gasteiger partial charge on any atom is -0.302 e. The van der Waals surface area contributed by atoms with Crippen LogP contribution < -0.4 is 0 Å². The molecule has 0 aliphatic carbocycles. The van der Waals surface area contributed by atoms with Gasteiger partial charge in [-0.05, 0) is 31.4 Å². The Labute approximate surface area is 107 Å². The van der Waals surface area contributed by atoms with Crippen LogP contribution in [0.25, 0.3) is 0 Å². The number of thioether (sulfide) groups is 2. The van der Waals surface area contributed by atoms with E-state index in [9.17, 15) is 0 Å². The molecule has 0 N–H and O–H groups in total. The van der Waals surface area contributed by atoms with Crippen LogP contribution in [0.2, 0.25) is 0 Å². The zero-order valence-corrected chi connectivity index (χ0v) is 11.4. The van der Waals surface area contributed by atoms with Crippen LogP contribution in [0.15, 0.2) is 35.2 Å². The molecule has 0 radical (unpaired) electrons. The van der Waals surface area contributed by atoms with Gasteiger partial charge in [-0.25, -0.2) is 0 Å². The molecule has 1 fully saturated rings. The fourth-order valence-corrected chi connectivity index (χ4v) is 4.14. The first-order valence-electron chi connectivity index (χ1n) is 5.82. The van der Waals surface area contributed by atoms with Crippen molar-refractivity contribution < 1.29 is 0 Å². The molecule has 1 saturated heterocycles. The van der Waals surface area contributed by atoms with Crippen molar-refractivity contribution in [1.82, 2.24) is 4.90 Å². The molecule has 0 saturated carbocycles. The number of hydrogen-bond acceptors (Lipinski definition) is 3. The summed E-state index contributed by atoms with van der Waals surface area (Å²) in [5, 5.41) is 0. The third kappa shape index (κ3) is 3.72. The highest BCUT2D eigenvalue weighted by atomic mass is 32.2. The lowest BCUT2D eigenvalue weighted by Gasteiger charge is -2.22. The molecule has 1 aromatic rings. The fraction of sp³-hybridized carbons (Fsp3) is 0.538. The zero-order chi connectivity index (χ0) is 11.2. The van der Waals surface area contributed by atoms with Crippen molar-refractivity contribution in [1.29, 1.82) is 0 Å². The van der Waals surface area contributed by atoms with E-state index in [0.717, 1.165) is 6.04 Å². The molecule has 1 nitrogen and oxygen atoms in total. The number of rotatable bonds is 5. The Hall–Kier alpha value is -0.120. The fourth-order valence-electron chi connectivity index (χ4n) is 1.88. The normalized spacial score (nSPS) is 20.5. The van der Waals surface area contributed by atoms with E-state index in [2.05, 4.69) is 54.0 Å². The van der Waals surface area contributed by atoms with E-state index in [0.29, 0.717) is 0 Å².